The predicted octanol–water partition coefficient (Wildman–Crippen LogP) is 3.34. The van der Waals surface area contributed by atoms with Crippen LogP contribution in [0.15, 0.2) is 17.0 Å². The van der Waals surface area contributed by atoms with Crippen molar-refractivity contribution in [2.24, 2.45) is 0 Å². The van der Waals surface area contributed by atoms with Gasteiger partial charge in [-0.05, 0) is 33.6 Å². The van der Waals surface area contributed by atoms with Crippen LogP contribution >= 0.6 is 0 Å². The molecule has 1 N–H and O–H groups in total. The standard InChI is InChI=1S/C19H27N5O2/c1-12(22-18(25)17-14(3)26-11-21-17)16-10-20-19(23-13(16)2)24(4)15-8-6-5-7-9-15/h10-12,15H,5-9H2,1-4H3,(H,22,25)/t12-/m0/s1. The lowest BCUT2D eigenvalue weighted by Gasteiger charge is -2.31. The van der Waals surface area contributed by atoms with Crippen molar-refractivity contribution in [1.82, 2.24) is 20.3 Å². The summed E-state index contributed by atoms with van der Waals surface area (Å²) >= 11 is 0. The Labute approximate surface area is 154 Å². The number of amides is 1. The zero-order valence-corrected chi connectivity index (χ0v) is 16.0. The lowest BCUT2D eigenvalue weighted by molar-refractivity contribution is 0.0934. The Morgan fingerprint density at radius 2 is 2.00 bits per heavy atom. The smallest absolute Gasteiger partial charge is 0.273 e. The molecule has 2 heterocycles. The zero-order chi connectivity index (χ0) is 18.7. The van der Waals surface area contributed by atoms with Crippen LogP contribution in [0.1, 0.15) is 72.6 Å². The number of nitrogens with zero attached hydrogens (tertiary/aromatic N) is 4. The lowest BCUT2D eigenvalue weighted by Crippen LogP contribution is -2.35. The second-order valence-corrected chi connectivity index (χ2v) is 7.07. The fraction of sp³-hybridized carbons (Fsp3) is 0.579. The molecule has 0 aliphatic heterocycles. The first-order chi connectivity index (χ1) is 12.5. The van der Waals surface area contributed by atoms with E-state index in [0.717, 1.165) is 17.2 Å². The van der Waals surface area contributed by atoms with Gasteiger partial charge in [0.15, 0.2) is 12.1 Å². The number of oxazole rings is 1. The van der Waals surface area contributed by atoms with E-state index < -0.39 is 0 Å². The Hall–Kier alpha value is -2.44. The molecule has 1 saturated carbocycles. The van der Waals surface area contributed by atoms with Gasteiger partial charge < -0.3 is 14.6 Å². The summed E-state index contributed by atoms with van der Waals surface area (Å²) in [7, 11) is 2.07. The number of rotatable bonds is 5. The molecule has 1 aliphatic rings. The molecule has 0 unspecified atom stereocenters. The van der Waals surface area contributed by atoms with Crippen molar-refractivity contribution in [2.45, 2.75) is 65.0 Å². The summed E-state index contributed by atoms with van der Waals surface area (Å²) in [5, 5.41) is 2.94. The molecule has 2 aromatic heterocycles. The van der Waals surface area contributed by atoms with E-state index in [1.807, 2.05) is 20.0 Å². The van der Waals surface area contributed by atoms with E-state index in [-0.39, 0.29) is 11.9 Å². The van der Waals surface area contributed by atoms with Crippen LogP contribution in [0.2, 0.25) is 0 Å². The van der Waals surface area contributed by atoms with Crippen LogP contribution in [0, 0.1) is 13.8 Å². The summed E-state index contributed by atoms with van der Waals surface area (Å²) < 4.78 is 5.09. The number of carbonyl (C=O) groups is 1. The van der Waals surface area contributed by atoms with E-state index in [0.29, 0.717) is 17.5 Å². The molecule has 26 heavy (non-hydrogen) atoms. The summed E-state index contributed by atoms with van der Waals surface area (Å²) in [6, 6.07) is 0.300. The Bertz CT molecular complexity index is 767. The van der Waals surface area contributed by atoms with Crippen LogP contribution in [0.5, 0.6) is 0 Å². The van der Waals surface area contributed by atoms with Crippen LogP contribution < -0.4 is 10.2 Å². The maximum absolute atomic E-state index is 12.3. The molecule has 7 nitrogen and oxygen atoms in total. The Morgan fingerprint density at radius 3 is 2.62 bits per heavy atom. The predicted molar refractivity (Wildman–Crippen MR) is 99.2 cm³/mol. The highest BCUT2D eigenvalue weighted by atomic mass is 16.3. The van der Waals surface area contributed by atoms with Crippen molar-refractivity contribution in [3.8, 4) is 0 Å². The largest absolute Gasteiger partial charge is 0.448 e. The van der Waals surface area contributed by atoms with E-state index in [4.69, 9.17) is 4.42 Å². The number of nitrogens with one attached hydrogen (secondary N) is 1. The number of aromatic nitrogens is 3. The molecule has 1 amide bonds. The van der Waals surface area contributed by atoms with Gasteiger partial charge in [-0.25, -0.2) is 15.0 Å². The summed E-state index contributed by atoms with van der Waals surface area (Å²) in [5.74, 6) is 1.00. The molecule has 3 rings (SSSR count). The number of hydrogen-bond donors (Lipinski definition) is 1. The van der Waals surface area contributed by atoms with Crippen molar-refractivity contribution in [3.05, 3.63) is 35.3 Å². The third kappa shape index (κ3) is 3.86. The fourth-order valence-electron chi connectivity index (χ4n) is 3.56. The average molecular weight is 357 g/mol. The number of hydrogen-bond acceptors (Lipinski definition) is 6. The molecule has 0 bridgehead atoms. The van der Waals surface area contributed by atoms with E-state index in [1.165, 1.54) is 38.5 Å². The van der Waals surface area contributed by atoms with Crippen LogP contribution in [0.3, 0.4) is 0 Å². The topological polar surface area (TPSA) is 84.2 Å². The molecule has 0 aromatic carbocycles. The maximum atomic E-state index is 12.3. The molecule has 0 saturated heterocycles. The second kappa shape index (κ2) is 7.85. The van der Waals surface area contributed by atoms with Gasteiger partial charge in [0.25, 0.3) is 5.91 Å². The number of aryl methyl sites for hydroxylation is 2. The molecule has 1 aliphatic carbocycles. The van der Waals surface area contributed by atoms with Gasteiger partial charge in [-0.15, -0.1) is 0 Å². The van der Waals surface area contributed by atoms with Crippen molar-refractivity contribution in [1.29, 1.82) is 0 Å². The van der Waals surface area contributed by atoms with Gasteiger partial charge >= 0.3 is 0 Å². The third-order valence-electron chi connectivity index (χ3n) is 5.22. The third-order valence-corrected chi connectivity index (χ3v) is 5.22. The van der Waals surface area contributed by atoms with Crippen LogP contribution in [-0.2, 0) is 0 Å². The minimum Gasteiger partial charge on any atom is -0.448 e. The molecule has 0 spiro atoms. The van der Waals surface area contributed by atoms with Gasteiger partial charge in [0.1, 0.15) is 5.76 Å². The van der Waals surface area contributed by atoms with Gasteiger partial charge in [-0.3, -0.25) is 4.79 Å². The quantitative estimate of drug-likeness (QED) is 0.883. The van der Waals surface area contributed by atoms with Gasteiger partial charge in [-0.2, -0.15) is 0 Å². The molecule has 1 fully saturated rings. The van der Waals surface area contributed by atoms with Crippen LogP contribution in [0.4, 0.5) is 5.95 Å². The van der Waals surface area contributed by atoms with Crippen molar-refractivity contribution >= 4 is 11.9 Å². The first-order valence-corrected chi connectivity index (χ1v) is 9.24. The molecular weight excluding hydrogens is 330 g/mol. The monoisotopic (exact) mass is 357 g/mol. The van der Waals surface area contributed by atoms with Gasteiger partial charge in [-0.1, -0.05) is 19.3 Å². The Balaban J connectivity index is 1.70. The highest BCUT2D eigenvalue weighted by molar-refractivity contribution is 5.93. The van der Waals surface area contributed by atoms with Crippen LogP contribution in [-0.4, -0.2) is 33.9 Å². The van der Waals surface area contributed by atoms with Crippen molar-refractivity contribution in [2.75, 3.05) is 11.9 Å². The van der Waals surface area contributed by atoms with Crippen molar-refractivity contribution in [3.63, 3.8) is 0 Å². The summed E-state index contributed by atoms with van der Waals surface area (Å²) in [6.07, 6.45) is 9.36. The molecule has 140 valence electrons. The van der Waals surface area contributed by atoms with Gasteiger partial charge in [0.2, 0.25) is 5.95 Å². The second-order valence-electron chi connectivity index (χ2n) is 7.07. The van der Waals surface area contributed by atoms with Crippen molar-refractivity contribution < 1.29 is 9.21 Å². The highest BCUT2D eigenvalue weighted by Crippen LogP contribution is 2.25. The SMILES string of the molecule is Cc1nc(N(C)C2CCCCC2)ncc1[C@H](C)NC(=O)c1ncoc1C. The van der Waals surface area contributed by atoms with E-state index in [1.54, 1.807) is 6.92 Å². The van der Waals surface area contributed by atoms with E-state index in [2.05, 4.69) is 32.2 Å². The molecular formula is C19H27N5O2. The zero-order valence-electron chi connectivity index (χ0n) is 16.0. The summed E-state index contributed by atoms with van der Waals surface area (Å²) in [4.78, 5) is 27.7. The normalized spacial score (nSPS) is 16.3. The Kier molecular flexibility index (Phi) is 5.54. The first-order valence-electron chi connectivity index (χ1n) is 9.24. The summed E-state index contributed by atoms with van der Waals surface area (Å²) in [6.45, 7) is 5.60. The first kappa shape index (κ1) is 18.4. The Morgan fingerprint density at radius 1 is 1.27 bits per heavy atom. The molecule has 2 aromatic rings. The average Bonchev–Trinajstić information content (AvgIpc) is 3.07. The lowest BCUT2D eigenvalue weighted by atomic mass is 9.95. The number of anilines is 1. The van der Waals surface area contributed by atoms with Crippen LogP contribution in [0.25, 0.3) is 0 Å². The van der Waals surface area contributed by atoms with Gasteiger partial charge in [0, 0.05) is 30.5 Å². The highest BCUT2D eigenvalue weighted by Gasteiger charge is 2.22. The maximum Gasteiger partial charge on any atom is 0.273 e. The minimum atomic E-state index is -0.258. The van der Waals surface area contributed by atoms with Gasteiger partial charge in [0.05, 0.1) is 6.04 Å². The molecule has 7 heteroatoms. The fourth-order valence-corrected chi connectivity index (χ4v) is 3.56. The number of carbonyl (C=O) groups excluding carboxylic acids is 1. The molecule has 1 atom stereocenters. The van der Waals surface area contributed by atoms with E-state index >= 15 is 0 Å². The van der Waals surface area contributed by atoms with E-state index in [9.17, 15) is 4.79 Å². The molecule has 0 radical (unpaired) electrons. The summed E-state index contributed by atoms with van der Waals surface area (Å²) in [5.41, 5.74) is 2.09. The minimum absolute atomic E-state index is 0.215.